The monoisotopic (exact) mass is 229 g/mol. The lowest BCUT2D eigenvalue weighted by Crippen LogP contribution is -2.16. The van der Waals surface area contributed by atoms with Crippen molar-refractivity contribution in [2.24, 2.45) is 5.92 Å². The zero-order valence-electron chi connectivity index (χ0n) is 10.3. The molecule has 0 spiro atoms. The van der Waals surface area contributed by atoms with E-state index in [1.54, 1.807) is 0 Å². The third-order valence-corrected chi connectivity index (χ3v) is 3.46. The number of fused-ring (bicyclic) bond motifs is 1. The molecular weight excluding hydrogens is 210 g/mol. The number of rotatable bonds is 5. The molecule has 0 radical (unpaired) electrons. The second kappa shape index (κ2) is 4.49. The van der Waals surface area contributed by atoms with Gasteiger partial charge in [0.15, 0.2) is 0 Å². The molecule has 1 aliphatic carbocycles. The van der Waals surface area contributed by atoms with Crippen LogP contribution >= 0.6 is 0 Å². The minimum absolute atomic E-state index is 0.893. The highest BCUT2D eigenvalue weighted by molar-refractivity contribution is 5.81. The van der Waals surface area contributed by atoms with Gasteiger partial charge in [0.1, 0.15) is 0 Å². The van der Waals surface area contributed by atoms with E-state index in [1.807, 2.05) is 0 Å². The molecule has 0 atom stereocenters. The van der Waals surface area contributed by atoms with Crippen LogP contribution in [0.1, 0.15) is 25.5 Å². The first-order valence-corrected chi connectivity index (χ1v) is 6.53. The molecule has 3 heteroatoms. The van der Waals surface area contributed by atoms with Crippen LogP contribution in [0.25, 0.3) is 10.9 Å². The van der Waals surface area contributed by atoms with Gasteiger partial charge in [-0.2, -0.15) is 5.10 Å². The summed E-state index contributed by atoms with van der Waals surface area (Å²) in [5.74, 6) is 0.925. The quantitative estimate of drug-likeness (QED) is 0.854. The Morgan fingerprint density at radius 2 is 2.18 bits per heavy atom. The summed E-state index contributed by atoms with van der Waals surface area (Å²) in [6, 6.07) is 8.49. The van der Waals surface area contributed by atoms with Crippen LogP contribution in [0.5, 0.6) is 0 Å². The lowest BCUT2D eigenvalue weighted by atomic mass is 10.2. The van der Waals surface area contributed by atoms with E-state index in [2.05, 4.69) is 46.3 Å². The molecule has 0 amide bonds. The summed E-state index contributed by atoms with van der Waals surface area (Å²) in [5.41, 5.74) is 2.43. The molecule has 0 bridgehead atoms. The van der Waals surface area contributed by atoms with Crippen molar-refractivity contribution in [3.8, 4) is 0 Å². The molecule has 0 unspecified atom stereocenters. The topological polar surface area (TPSA) is 29.9 Å². The van der Waals surface area contributed by atoms with Crippen molar-refractivity contribution < 1.29 is 0 Å². The number of para-hydroxylation sites is 1. The molecule has 2 aromatic rings. The van der Waals surface area contributed by atoms with Gasteiger partial charge in [-0.1, -0.05) is 18.2 Å². The lowest BCUT2D eigenvalue weighted by Gasteiger charge is -2.00. The van der Waals surface area contributed by atoms with Gasteiger partial charge in [0.25, 0.3) is 0 Å². The van der Waals surface area contributed by atoms with Gasteiger partial charge in [-0.05, 0) is 38.3 Å². The maximum Gasteiger partial charge on any atom is 0.0841 e. The molecule has 1 saturated carbocycles. The van der Waals surface area contributed by atoms with Crippen molar-refractivity contribution in [3.63, 3.8) is 0 Å². The molecule has 1 aromatic heterocycles. The van der Waals surface area contributed by atoms with Crippen LogP contribution in [0, 0.1) is 5.92 Å². The smallest absolute Gasteiger partial charge is 0.0841 e. The van der Waals surface area contributed by atoms with E-state index < -0.39 is 0 Å². The first-order chi connectivity index (χ1) is 8.38. The Bertz CT molecular complexity index is 511. The molecule has 1 aliphatic rings. The summed E-state index contributed by atoms with van der Waals surface area (Å²) < 4.78 is 2.09. The van der Waals surface area contributed by atoms with Gasteiger partial charge < -0.3 is 5.32 Å². The number of hydrogen-bond donors (Lipinski definition) is 1. The Balaban J connectivity index is 1.81. The predicted octanol–water partition coefficient (Wildman–Crippen LogP) is 2.56. The van der Waals surface area contributed by atoms with Crippen LogP contribution in [-0.4, -0.2) is 16.3 Å². The van der Waals surface area contributed by atoms with E-state index in [4.69, 9.17) is 0 Å². The Labute approximate surface area is 102 Å². The minimum atomic E-state index is 0.893. The maximum absolute atomic E-state index is 4.68. The highest BCUT2D eigenvalue weighted by Gasteiger charge is 2.20. The highest BCUT2D eigenvalue weighted by atomic mass is 15.3. The van der Waals surface area contributed by atoms with E-state index in [9.17, 15) is 0 Å². The maximum atomic E-state index is 4.68. The Morgan fingerprint density at radius 1 is 1.35 bits per heavy atom. The van der Waals surface area contributed by atoms with Crippen molar-refractivity contribution in [1.29, 1.82) is 0 Å². The molecule has 1 heterocycles. The van der Waals surface area contributed by atoms with Gasteiger partial charge >= 0.3 is 0 Å². The molecule has 0 saturated heterocycles. The molecule has 1 fully saturated rings. The van der Waals surface area contributed by atoms with Crippen molar-refractivity contribution in [3.05, 3.63) is 30.0 Å². The summed E-state index contributed by atoms with van der Waals surface area (Å²) in [5, 5.41) is 9.49. The van der Waals surface area contributed by atoms with Crippen LogP contribution in [0.3, 0.4) is 0 Å². The van der Waals surface area contributed by atoms with E-state index >= 15 is 0 Å². The Kier molecular flexibility index (Phi) is 2.85. The molecule has 0 aliphatic heterocycles. The van der Waals surface area contributed by atoms with Gasteiger partial charge in [0.2, 0.25) is 0 Å². The third-order valence-electron chi connectivity index (χ3n) is 3.46. The molecular formula is C14H19N3. The number of benzene rings is 1. The third kappa shape index (κ3) is 2.20. The Morgan fingerprint density at radius 3 is 2.94 bits per heavy atom. The second-order valence-electron chi connectivity index (χ2n) is 4.85. The number of aromatic nitrogens is 2. The number of hydrogen-bond acceptors (Lipinski definition) is 2. The number of aryl methyl sites for hydroxylation is 1. The molecule has 1 aromatic carbocycles. The summed E-state index contributed by atoms with van der Waals surface area (Å²) in [6.07, 6.45) is 2.80. The van der Waals surface area contributed by atoms with E-state index in [0.29, 0.717) is 0 Å². The van der Waals surface area contributed by atoms with Crippen LogP contribution in [-0.2, 0) is 13.1 Å². The summed E-state index contributed by atoms with van der Waals surface area (Å²) in [7, 11) is 0. The minimum Gasteiger partial charge on any atom is -0.311 e. The number of nitrogens with zero attached hydrogens (tertiary/aromatic N) is 2. The molecule has 1 N–H and O–H groups in total. The van der Waals surface area contributed by atoms with Crippen LogP contribution < -0.4 is 5.32 Å². The zero-order valence-corrected chi connectivity index (χ0v) is 10.3. The largest absolute Gasteiger partial charge is 0.311 e. The molecule has 3 nitrogen and oxygen atoms in total. The van der Waals surface area contributed by atoms with E-state index in [1.165, 1.54) is 29.4 Å². The predicted molar refractivity (Wildman–Crippen MR) is 69.8 cm³/mol. The zero-order chi connectivity index (χ0) is 11.7. The van der Waals surface area contributed by atoms with Gasteiger partial charge in [0.05, 0.1) is 11.2 Å². The van der Waals surface area contributed by atoms with Crippen LogP contribution in [0.4, 0.5) is 0 Å². The van der Waals surface area contributed by atoms with Crippen molar-refractivity contribution in [1.82, 2.24) is 15.1 Å². The lowest BCUT2D eigenvalue weighted by molar-refractivity contribution is 0.608. The van der Waals surface area contributed by atoms with E-state index in [0.717, 1.165) is 25.6 Å². The fourth-order valence-corrected chi connectivity index (χ4v) is 2.28. The van der Waals surface area contributed by atoms with Crippen molar-refractivity contribution >= 4 is 10.9 Å². The average Bonchev–Trinajstić information content (AvgIpc) is 3.11. The first-order valence-electron chi connectivity index (χ1n) is 6.53. The van der Waals surface area contributed by atoms with Gasteiger partial charge in [0, 0.05) is 18.5 Å². The Hall–Kier alpha value is -1.35. The van der Waals surface area contributed by atoms with Gasteiger partial charge in [-0.15, -0.1) is 0 Å². The summed E-state index contributed by atoms with van der Waals surface area (Å²) >= 11 is 0. The average molecular weight is 229 g/mol. The molecule has 17 heavy (non-hydrogen) atoms. The first kappa shape index (κ1) is 10.8. The van der Waals surface area contributed by atoms with Crippen molar-refractivity contribution in [2.75, 3.05) is 6.54 Å². The van der Waals surface area contributed by atoms with E-state index in [-0.39, 0.29) is 0 Å². The summed E-state index contributed by atoms with van der Waals surface area (Å²) in [6.45, 7) is 5.11. The summed E-state index contributed by atoms with van der Waals surface area (Å²) in [4.78, 5) is 0. The highest BCUT2D eigenvalue weighted by Crippen LogP contribution is 2.27. The molecule has 90 valence electrons. The molecule has 3 rings (SSSR count). The van der Waals surface area contributed by atoms with Gasteiger partial charge in [-0.3, -0.25) is 4.68 Å². The standard InChI is InChI=1S/C14H19N3/c1-2-17-14-6-4-3-5-12(14)13(16-17)10-15-9-11-7-8-11/h3-6,11,15H,2,7-10H2,1H3. The SMILES string of the molecule is CCn1nc(CNCC2CC2)c2ccccc21. The number of nitrogens with one attached hydrogen (secondary N) is 1. The van der Waals surface area contributed by atoms with Crippen LogP contribution in [0.2, 0.25) is 0 Å². The normalized spacial score (nSPS) is 15.6. The fraction of sp³-hybridized carbons (Fsp3) is 0.500. The van der Waals surface area contributed by atoms with Crippen molar-refractivity contribution in [2.45, 2.75) is 32.9 Å². The second-order valence-corrected chi connectivity index (χ2v) is 4.85. The van der Waals surface area contributed by atoms with Crippen LogP contribution in [0.15, 0.2) is 24.3 Å². The van der Waals surface area contributed by atoms with Gasteiger partial charge in [-0.25, -0.2) is 0 Å². The fourth-order valence-electron chi connectivity index (χ4n) is 2.28.